The van der Waals surface area contributed by atoms with E-state index < -0.39 is 17.6 Å². The molecule has 4 aliphatic heterocycles. The molecule has 20 heteroatoms. The van der Waals surface area contributed by atoms with Crippen LogP contribution in [0.25, 0.3) is 0 Å². The van der Waals surface area contributed by atoms with Gasteiger partial charge in [0.1, 0.15) is 23.1 Å². The Morgan fingerprint density at radius 2 is 1.22 bits per heavy atom. The number of nitrogens with two attached hydrogens (primary N) is 1. The van der Waals surface area contributed by atoms with Crippen molar-refractivity contribution >= 4 is 63.8 Å². The fourth-order valence-electron chi connectivity index (χ4n) is 11.9. The largest absolute Gasteiger partial charge is 0.496 e. The SMILES string of the molecule is C=CC(=O)Nc1cccc(Cc2nc(Cc3ccc(C4CC5CCC(C4)N5C(C)=O)cc3OC)ncc2C(F)(F)F)c1.C=CC(=O)Nc1cccc(Nc2nc(Cl)ncc2C)c1.COc1cc(C2CC3CCC(C2)N3C(C)=O)ccc1N. The van der Waals surface area contributed by atoms with Gasteiger partial charge in [0, 0.05) is 91.4 Å². The maximum atomic E-state index is 13.9. The summed E-state index contributed by atoms with van der Waals surface area (Å²) in [5.74, 6) is 2.76. The van der Waals surface area contributed by atoms with Crippen LogP contribution in [0, 0.1) is 6.92 Å². The van der Waals surface area contributed by atoms with E-state index in [9.17, 15) is 32.3 Å². The molecule has 0 radical (unpaired) electrons. The van der Waals surface area contributed by atoms with Gasteiger partial charge in [-0.3, -0.25) is 19.2 Å². The molecule has 4 fully saturated rings. The Kier molecular flexibility index (Phi) is 19.3. The maximum Gasteiger partial charge on any atom is 0.419 e. The zero-order valence-corrected chi connectivity index (χ0v) is 47.3. The topological polar surface area (TPSA) is 207 Å². The van der Waals surface area contributed by atoms with Crippen LogP contribution in [0.4, 0.5) is 41.7 Å². The summed E-state index contributed by atoms with van der Waals surface area (Å²) in [5.41, 5.74) is 12.0. The number of nitrogens with zero attached hydrogens (tertiary/aromatic N) is 6. The molecule has 430 valence electrons. The van der Waals surface area contributed by atoms with Crippen molar-refractivity contribution in [3.05, 3.63) is 173 Å². The highest BCUT2D eigenvalue weighted by molar-refractivity contribution is 6.28. The molecular formula is C62H68ClF3N10O6. The number of ether oxygens (including phenoxy) is 2. The Labute approximate surface area is 480 Å². The molecule has 2 aromatic heterocycles. The molecule has 4 atom stereocenters. The summed E-state index contributed by atoms with van der Waals surface area (Å²) >= 11 is 5.77. The molecule has 0 aliphatic carbocycles. The van der Waals surface area contributed by atoms with Crippen molar-refractivity contribution in [2.75, 3.05) is 35.9 Å². The number of piperidine rings is 2. The van der Waals surface area contributed by atoms with E-state index in [0.717, 1.165) is 91.8 Å². The summed E-state index contributed by atoms with van der Waals surface area (Å²) in [6, 6.07) is 27.3. The Morgan fingerprint density at radius 3 is 1.76 bits per heavy atom. The van der Waals surface area contributed by atoms with Crippen LogP contribution in [0.3, 0.4) is 0 Å². The molecular weight excluding hydrogens is 1070 g/mol. The number of anilines is 5. The number of aromatic nitrogens is 4. The van der Waals surface area contributed by atoms with Crippen LogP contribution in [-0.4, -0.2) is 91.8 Å². The molecule has 10 rings (SSSR count). The summed E-state index contributed by atoms with van der Waals surface area (Å²) in [7, 11) is 3.22. The van der Waals surface area contributed by atoms with Crippen LogP contribution in [-0.2, 0) is 38.2 Å². The summed E-state index contributed by atoms with van der Waals surface area (Å²) in [6.45, 7) is 12.0. The number of hydrogen-bond donors (Lipinski definition) is 4. The van der Waals surface area contributed by atoms with E-state index in [4.69, 9.17) is 26.8 Å². The second kappa shape index (κ2) is 26.5. The van der Waals surface area contributed by atoms with E-state index >= 15 is 0 Å². The van der Waals surface area contributed by atoms with Crippen molar-refractivity contribution in [3.63, 3.8) is 0 Å². The number of benzene rings is 4. The third kappa shape index (κ3) is 14.8. The smallest absolute Gasteiger partial charge is 0.419 e. The molecule has 4 aliphatic rings. The van der Waals surface area contributed by atoms with Gasteiger partial charge in [0.2, 0.25) is 28.9 Å². The number of carbonyl (C=O) groups excluding carboxylic acids is 4. The minimum Gasteiger partial charge on any atom is -0.496 e. The number of rotatable bonds is 14. The predicted molar refractivity (Wildman–Crippen MR) is 311 cm³/mol. The Hall–Kier alpha value is -8.32. The van der Waals surface area contributed by atoms with Gasteiger partial charge in [0.15, 0.2) is 0 Å². The number of fused-ring (bicyclic) bond motifs is 4. The highest BCUT2D eigenvalue weighted by Crippen LogP contribution is 2.46. The van der Waals surface area contributed by atoms with Crippen LogP contribution in [0.1, 0.15) is 122 Å². The standard InChI is InChI=1S/C32H33F3N4O3.C16H22N2O2.C14H13ClN4O/c1-4-31(41)37-24-7-5-6-20(12-24)13-28-27(32(33,34)35)18-36-30(38-28)17-22-9-8-21(16-29(22)42-3)23-14-25-10-11-26(15-23)39(25)19(2)40;1-10(19)18-13-4-5-14(18)8-12(7-13)11-3-6-15(17)16(9-11)20-2;1-3-12(20)17-10-5-4-6-11(7-10)18-13-9(2)8-16-14(15)19-13/h4-9,12,16,18,23,25-26H,1,10-11,13-15,17H2,2-3H3,(H,37,41);3,6,9,12-14H,4-5,7-8,17H2,1-2H3;3-8H,1H2,2H3,(H,17,20)(H,16,18,19). The Bertz CT molecular complexity index is 3320. The molecule has 4 aromatic carbocycles. The van der Waals surface area contributed by atoms with Crippen LogP contribution >= 0.6 is 11.6 Å². The number of amides is 4. The summed E-state index contributed by atoms with van der Waals surface area (Å²) in [5, 5.41) is 8.61. The highest BCUT2D eigenvalue weighted by atomic mass is 35.5. The Balaban J connectivity index is 0.000000182. The number of alkyl halides is 3. The molecule has 0 saturated carbocycles. The monoisotopic (exact) mass is 1140 g/mol. The first-order valence-corrected chi connectivity index (χ1v) is 27.5. The first-order valence-electron chi connectivity index (χ1n) is 27.2. The molecule has 4 bridgehead atoms. The minimum absolute atomic E-state index is 0.0977. The van der Waals surface area contributed by atoms with E-state index in [0.29, 0.717) is 58.1 Å². The fraction of sp³-hybridized carbons (Fsp3) is 0.355. The highest BCUT2D eigenvalue weighted by Gasteiger charge is 2.44. The quantitative estimate of drug-likeness (QED) is 0.0457. The molecule has 4 amide bonds. The van der Waals surface area contributed by atoms with Crippen LogP contribution in [0.5, 0.6) is 11.5 Å². The van der Waals surface area contributed by atoms with Gasteiger partial charge in [0.05, 0.1) is 31.2 Å². The summed E-state index contributed by atoms with van der Waals surface area (Å²) in [6.07, 6.45) is 8.55. The predicted octanol–water partition coefficient (Wildman–Crippen LogP) is 11.9. The molecule has 16 nitrogen and oxygen atoms in total. The molecule has 82 heavy (non-hydrogen) atoms. The van der Waals surface area contributed by atoms with Crippen LogP contribution < -0.4 is 31.2 Å². The fourth-order valence-corrected chi connectivity index (χ4v) is 12.0. The first kappa shape index (κ1) is 59.8. The average molecular weight is 1140 g/mol. The van der Waals surface area contributed by atoms with E-state index in [1.54, 1.807) is 70.7 Å². The molecule has 0 spiro atoms. The van der Waals surface area contributed by atoms with E-state index in [1.165, 1.54) is 11.6 Å². The summed E-state index contributed by atoms with van der Waals surface area (Å²) < 4.78 is 52.7. The van der Waals surface area contributed by atoms with Crippen molar-refractivity contribution in [2.24, 2.45) is 0 Å². The van der Waals surface area contributed by atoms with Crippen molar-refractivity contribution in [1.82, 2.24) is 29.7 Å². The number of nitrogens with one attached hydrogen (secondary N) is 3. The first-order chi connectivity index (χ1) is 39.2. The lowest BCUT2D eigenvalue weighted by Gasteiger charge is -2.38. The minimum atomic E-state index is -4.63. The lowest BCUT2D eigenvalue weighted by Crippen LogP contribution is -2.44. The number of aryl methyl sites for hydroxylation is 1. The second-order valence-corrected chi connectivity index (χ2v) is 21.3. The Morgan fingerprint density at radius 1 is 0.695 bits per heavy atom. The zero-order chi connectivity index (χ0) is 58.8. The van der Waals surface area contributed by atoms with Gasteiger partial charge in [0.25, 0.3) is 0 Å². The van der Waals surface area contributed by atoms with E-state index in [1.807, 2.05) is 48.2 Å². The lowest BCUT2D eigenvalue weighted by atomic mass is 9.84. The molecule has 6 heterocycles. The molecule has 4 unspecified atom stereocenters. The lowest BCUT2D eigenvalue weighted by molar-refractivity contribution is -0.139. The third-order valence-electron chi connectivity index (χ3n) is 15.5. The second-order valence-electron chi connectivity index (χ2n) is 21.0. The zero-order valence-electron chi connectivity index (χ0n) is 46.6. The van der Waals surface area contributed by atoms with Gasteiger partial charge in [-0.1, -0.05) is 49.6 Å². The van der Waals surface area contributed by atoms with Gasteiger partial charge in [-0.15, -0.1) is 0 Å². The van der Waals surface area contributed by atoms with Crippen LogP contribution in [0.2, 0.25) is 5.28 Å². The number of hydrogen-bond acceptors (Lipinski definition) is 12. The van der Waals surface area contributed by atoms with Gasteiger partial charge in [-0.25, -0.2) is 19.9 Å². The average Bonchev–Trinajstić information content (AvgIpc) is 4.14. The molecule has 6 aromatic rings. The van der Waals surface area contributed by atoms with E-state index in [2.05, 4.69) is 66.1 Å². The van der Waals surface area contributed by atoms with Gasteiger partial charge in [-0.2, -0.15) is 13.2 Å². The van der Waals surface area contributed by atoms with Gasteiger partial charge >= 0.3 is 6.18 Å². The number of nitrogen functional groups attached to an aromatic ring is 1. The number of methoxy groups -OCH3 is 2. The number of halogens is 4. The van der Waals surface area contributed by atoms with Crippen molar-refractivity contribution in [2.45, 2.75) is 127 Å². The van der Waals surface area contributed by atoms with Crippen molar-refractivity contribution < 1.29 is 41.8 Å². The normalized spacial score (nSPS) is 19.5. The third-order valence-corrected chi connectivity index (χ3v) is 15.7. The maximum absolute atomic E-state index is 13.9. The summed E-state index contributed by atoms with van der Waals surface area (Å²) in [4.78, 5) is 67.3. The van der Waals surface area contributed by atoms with Gasteiger partial charge in [-0.05, 0) is 159 Å². The van der Waals surface area contributed by atoms with Gasteiger partial charge < -0.3 is 41.0 Å². The number of carbonyl (C=O) groups is 4. The van der Waals surface area contributed by atoms with Crippen molar-refractivity contribution in [1.29, 1.82) is 0 Å². The van der Waals surface area contributed by atoms with Crippen molar-refractivity contribution in [3.8, 4) is 11.5 Å². The molecule has 4 saturated heterocycles. The molecule has 5 N–H and O–H groups in total. The van der Waals surface area contributed by atoms with E-state index in [-0.39, 0.29) is 59.4 Å². The van der Waals surface area contributed by atoms with Crippen LogP contribution in [0.15, 0.2) is 123 Å².